The lowest BCUT2D eigenvalue weighted by molar-refractivity contribution is -0.384. The monoisotopic (exact) mass is 457 g/mol. The Morgan fingerprint density at radius 2 is 1.76 bits per heavy atom. The molecular weight excluding hydrogens is 438 g/mol. The van der Waals surface area contributed by atoms with Crippen LogP contribution in [-0.2, 0) is 0 Å². The first-order valence-electron chi connectivity index (χ1n) is 10.3. The molecule has 1 fully saturated rings. The van der Waals surface area contributed by atoms with Gasteiger partial charge in [-0.25, -0.2) is 0 Å². The van der Waals surface area contributed by atoms with E-state index in [4.69, 9.17) is 12.2 Å². The topological polar surface area (TPSA) is 96.5 Å². The quantitative estimate of drug-likeness (QED) is 0.256. The predicted octanol–water partition coefficient (Wildman–Crippen LogP) is 4.66. The second kappa shape index (κ2) is 8.36. The van der Waals surface area contributed by atoms with Crippen LogP contribution in [0.2, 0.25) is 0 Å². The fourth-order valence-electron chi connectivity index (χ4n) is 4.19. The lowest BCUT2D eigenvalue weighted by atomic mass is 10.0. The Hall–Kier alpha value is -4.24. The Bertz CT molecular complexity index is 1320. The predicted molar refractivity (Wildman–Crippen MR) is 128 cm³/mol. The van der Waals surface area contributed by atoms with Crippen molar-refractivity contribution in [1.82, 2.24) is 14.9 Å². The summed E-state index contributed by atoms with van der Waals surface area (Å²) in [7, 11) is 0. The molecule has 2 aromatic carbocycles. The number of nitro benzene ring substituents is 1. The summed E-state index contributed by atoms with van der Waals surface area (Å²) in [6, 6.07) is 22.4. The van der Waals surface area contributed by atoms with Gasteiger partial charge in [0.25, 0.3) is 5.69 Å². The summed E-state index contributed by atoms with van der Waals surface area (Å²) < 4.78 is 1.97. The number of anilines is 1. The highest BCUT2D eigenvalue weighted by atomic mass is 32.1. The fraction of sp³-hybridized carbons (Fsp3) is 0.0833. The van der Waals surface area contributed by atoms with E-state index in [1.165, 1.54) is 12.1 Å². The number of para-hydroxylation sites is 2. The van der Waals surface area contributed by atoms with E-state index < -0.39 is 4.92 Å². The van der Waals surface area contributed by atoms with Crippen molar-refractivity contribution in [2.45, 2.75) is 12.1 Å². The number of rotatable bonds is 5. The van der Waals surface area contributed by atoms with E-state index in [0.29, 0.717) is 10.8 Å². The van der Waals surface area contributed by atoms with E-state index in [2.05, 4.69) is 10.3 Å². The van der Waals surface area contributed by atoms with Crippen molar-refractivity contribution in [3.63, 3.8) is 0 Å². The van der Waals surface area contributed by atoms with Crippen LogP contribution < -0.4 is 10.2 Å². The number of aromatic hydroxyl groups is 1. The average Bonchev–Trinajstić information content (AvgIpc) is 3.44. The number of phenols is 1. The number of nitrogens with zero attached hydrogens (tertiary/aromatic N) is 4. The number of hydrogen-bond acceptors (Lipinski definition) is 5. The second-order valence-electron chi connectivity index (χ2n) is 7.56. The lowest BCUT2D eigenvalue weighted by Gasteiger charge is -2.29. The van der Waals surface area contributed by atoms with Gasteiger partial charge in [-0.15, -0.1) is 0 Å². The van der Waals surface area contributed by atoms with Gasteiger partial charge in [-0.05, 0) is 60.7 Å². The van der Waals surface area contributed by atoms with Gasteiger partial charge < -0.3 is 19.9 Å². The molecule has 33 heavy (non-hydrogen) atoms. The third kappa shape index (κ3) is 3.68. The third-order valence-corrected chi connectivity index (χ3v) is 5.98. The number of phenolic OH excluding ortho intramolecular Hbond substituents is 1. The van der Waals surface area contributed by atoms with Crippen molar-refractivity contribution >= 4 is 28.7 Å². The molecule has 2 aromatic heterocycles. The molecule has 164 valence electrons. The largest absolute Gasteiger partial charge is 0.506 e. The summed E-state index contributed by atoms with van der Waals surface area (Å²) in [5, 5.41) is 25.5. The maximum atomic E-state index is 11.1. The Kier molecular flexibility index (Phi) is 5.23. The van der Waals surface area contributed by atoms with Gasteiger partial charge in [0.15, 0.2) is 5.11 Å². The van der Waals surface area contributed by atoms with Gasteiger partial charge >= 0.3 is 0 Å². The van der Waals surface area contributed by atoms with E-state index in [-0.39, 0.29) is 23.5 Å². The average molecular weight is 458 g/mol. The molecule has 4 aromatic rings. The SMILES string of the molecule is O=[N+]([O-])c1ccc(-n2cccc2[C@H]2[C@H](c3ccccn3)NC(=S)N2c2ccccc2O)cc1. The molecule has 0 radical (unpaired) electrons. The van der Waals surface area contributed by atoms with Gasteiger partial charge in [-0.3, -0.25) is 15.1 Å². The number of hydrogen-bond donors (Lipinski definition) is 2. The molecule has 2 N–H and O–H groups in total. The normalized spacial score (nSPS) is 17.7. The smallest absolute Gasteiger partial charge is 0.269 e. The maximum Gasteiger partial charge on any atom is 0.269 e. The Morgan fingerprint density at radius 1 is 1.00 bits per heavy atom. The molecular formula is C24H19N5O3S. The molecule has 0 spiro atoms. The van der Waals surface area contributed by atoms with Gasteiger partial charge in [0, 0.05) is 35.9 Å². The fourth-order valence-corrected chi connectivity index (χ4v) is 4.53. The highest BCUT2D eigenvalue weighted by Gasteiger charge is 2.42. The highest BCUT2D eigenvalue weighted by Crippen LogP contribution is 2.44. The number of benzene rings is 2. The van der Waals surface area contributed by atoms with Gasteiger partial charge in [0.1, 0.15) is 11.8 Å². The summed E-state index contributed by atoms with van der Waals surface area (Å²) in [6.07, 6.45) is 3.63. The molecule has 0 amide bonds. The van der Waals surface area contributed by atoms with E-state index in [1.54, 1.807) is 30.5 Å². The molecule has 8 nitrogen and oxygen atoms in total. The zero-order chi connectivity index (χ0) is 22.9. The Labute approximate surface area is 194 Å². The van der Waals surface area contributed by atoms with Gasteiger partial charge in [-0.2, -0.15) is 0 Å². The minimum atomic E-state index is -0.420. The zero-order valence-electron chi connectivity index (χ0n) is 17.3. The molecule has 2 atom stereocenters. The summed E-state index contributed by atoms with van der Waals surface area (Å²) in [6.45, 7) is 0. The first kappa shape index (κ1) is 20.7. The lowest BCUT2D eigenvalue weighted by Crippen LogP contribution is -2.30. The van der Waals surface area contributed by atoms with Crippen LogP contribution >= 0.6 is 12.2 Å². The Balaban J connectivity index is 1.65. The summed E-state index contributed by atoms with van der Waals surface area (Å²) >= 11 is 5.71. The van der Waals surface area contributed by atoms with E-state index in [9.17, 15) is 15.2 Å². The molecule has 3 heterocycles. The van der Waals surface area contributed by atoms with Gasteiger partial charge in [0.2, 0.25) is 0 Å². The van der Waals surface area contributed by atoms with Crippen LogP contribution in [0.25, 0.3) is 5.69 Å². The third-order valence-electron chi connectivity index (χ3n) is 5.66. The number of non-ortho nitro benzene ring substituents is 1. The summed E-state index contributed by atoms with van der Waals surface area (Å²) in [4.78, 5) is 17.1. The van der Waals surface area contributed by atoms with Crippen LogP contribution in [0.4, 0.5) is 11.4 Å². The van der Waals surface area contributed by atoms with Crippen molar-refractivity contribution in [3.8, 4) is 11.4 Å². The van der Waals surface area contributed by atoms with Crippen molar-refractivity contribution in [1.29, 1.82) is 0 Å². The first-order valence-corrected chi connectivity index (χ1v) is 10.7. The Morgan fingerprint density at radius 3 is 2.45 bits per heavy atom. The molecule has 0 bridgehead atoms. The van der Waals surface area contributed by atoms with E-state index in [1.807, 2.05) is 58.1 Å². The summed E-state index contributed by atoms with van der Waals surface area (Å²) in [5.41, 5.74) is 3.07. The van der Waals surface area contributed by atoms with E-state index in [0.717, 1.165) is 17.1 Å². The van der Waals surface area contributed by atoms with Crippen LogP contribution in [0.3, 0.4) is 0 Å². The van der Waals surface area contributed by atoms with Crippen LogP contribution in [-0.4, -0.2) is 24.7 Å². The van der Waals surface area contributed by atoms with Crippen molar-refractivity contribution in [3.05, 3.63) is 113 Å². The summed E-state index contributed by atoms with van der Waals surface area (Å²) in [5.74, 6) is 0.113. The maximum absolute atomic E-state index is 11.1. The number of thiocarbonyl (C=S) groups is 1. The van der Waals surface area contributed by atoms with Crippen molar-refractivity contribution in [2.75, 3.05) is 4.90 Å². The van der Waals surface area contributed by atoms with Crippen molar-refractivity contribution < 1.29 is 10.0 Å². The van der Waals surface area contributed by atoms with Crippen LogP contribution in [0.1, 0.15) is 23.5 Å². The molecule has 1 saturated heterocycles. The molecule has 1 aliphatic heterocycles. The van der Waals surface area contributed by atoms with Crippen molar-refractivity contribution in [2.24, 2.45) is 0 Å². The molecule has 0 saturated carbocycles. The molecule has 1 aliphatic rings. The molecule has 0 aliphatic carbocycles. The number of pyridine rings is 1. The second-order valence-corrected chi connectivity index (χ2v) is 7.95. The number of nitro groups is 1. The zero-order valence-corrected chi connectivity index (χ0v) is 18.1. The number of aromatic nitrogens is 2. The highest BCUT2D eigenvalue weighted by molar-refractivity contribution is 7.80. The minimum Gasteiger partial charge on any atom is -0.506 e. The first-order chi connectivity index (χ1) is 16.0. The van der Waals surface area contributed by atoms with Crippen LogP contribution in [0.15, 0.2) is 91.3 Å². The van der Waals surface area contributed by atoms with Gasteiger partial charge in [0.05, 0.1) is 22.3 Å². The molecule has 9 heteroatoms. The number of nitrogens with one attached hydrogen (secondary N) is 1. The molecule has 0 unspecified atom stereocenters. The van der Waals surface area contributed by atoms with Crippen LogP contribution in [0, 0.1) is 10.1 Å². The van der Waals surface area contributed by atoms with E-state index >= 15 is 0 Å². The molecule has 5 rings (SSSR count). The minimum absolute atomic E-state index is 0.0263. The standard InChI is InChI=1S/C24H19N5O3S/c30-21-9-2-1-7-19(21)28-23(22(26-24(28)33)18-6-3-4-14-25-18)20-8-5-15-27(20)16-10-12-17(13-11-16)29(31)32/h1-15,22-23,30H,(H,26,33)/t22-,23-/m0/s1. The van der Waals surface area contributed by atoms with Gasteiger partial charge in [-0.1, -0.05) is 18.2 Å². The van der Waals surface area contributed by atoms with Crippen LogP contribution in [0.5, 0.6) is 5.75 Å².